The van der Waals surface area contributed by atoms with Gasteiger partial charge in [-0.25, -0.2) is 9.97 Å². The van der Waals surface area contributed by atoms with E-state index in [1.165, 1.54) is 0 Å². The summed E-state index contributed by atoms with van der Waals surface area (Å²) < 4.78 is 1.87. The zero-order valence-electron chi connectivity index (χ0n) is 12.9. The van der Waals surface area contributed by atoms with E-state index < -0.39 is 5.41 Å². The van der Waals surface area contributed by atoms with Gasteiger partial charge in [0, 0.05) is 35.3 Å². The number of nitrogens with one attached hydrogen (secondary N) is 1. The van der Waals surface area contributed by atoms with Gasteiger partial charge in [-0.05, 0) is 18.2 Å². The summed E-state index contributed by atoms with van der Waals surface area (Å²) in [5.41, 5.74) is 2.11. The fourth-order valence-electron chi connectivity index (χ4n) is 2.04. The number of rotatable bonds is 2. The third kappa shape index (κ3) is 2.83. The zero-order chi connectivity index (χ0) is 15.7. The lowest BCUT2D eigenvalue weighted by molar-refractivity contribution is -0.123. The van der Waals surface area contributed by atoms with Crippen molar-refractivity contribution < 1.29 is 4.79 Å². The Kier molecular flexibility index (Phi) is 3.41. The van der Waals surface area contributed by atoms with Crippen LogP contribution in [0.3, 0.4) is 0 Å². The molecule has 0 spiro atoms. The van der Waals surface area contributed by atoms with Gasteiger partial charge in [0.15, 0.2) is 0 Å². The van der Waals surface area contributed by atoms with Gasteiger partial charge in [0.05, 0.1) is 5.69 Å². The topological polar surface area (TPSA) is 59.3 Å². The van der Waals surface area contributed by atoms with Gasteiger partial charge in [-0.2, -0.15) is 0 Å². The molecule has 0 fully saturated rings. The molecule has 0 atom stereocenters. The fourth-order valence-corrected chi connectivity index (χ4v) is 2.04. The predicted molar refractivity (Wildman–Crippen MR) is 86.5 cm³/mol. The molecule has 22 heavy (non-hydrogen) atoms. The van der Waals surface area contributed by atoms with E-state index in [-0.39, 0.29) is 5.91 Å². The lowest BCUT2D eigenvalue weighted by Gasteiger charge is -2.17. The average molecular weight is 294 g/mol. The number of fused-ring (bicyclic) bond motifs is 1. The van der Waals surface area contributed by atoms with E-state index in [2.05, 4.69) is 15.3 Å². The Balaban J connectivity index is 1.92. The van der Waals surface area contributed by atoms with Gasteiger partial charge in [-0.15, -0.1) is 0 Å². The molecule has 0 unspecified atom stereocenters. The quantitative estimate of drug-likeness (QED) is 0.788. The lowest BCUT2D eigenvalue weighted by atomic mass is 9.95. The van der Waals surface area contributed by atoms with Crippen molar-refractivity contribution in [1.29, 1.82) is 0 Å². The van der Waals surface area contributed by atoms with Crippen molar-refractivity contribution in [1.82, 2.24) is 14.4 Å². The van der Waals surface area contributed by atoms with Crippen molar-refractivity contribution in [2.45, 2.75) is 20.8 Å². The molecular weight excluding hydrogens is 276 g/mol. The van der Waals surface area contributed by atoms with Crippen LogP contribution in [0.15, 0.2) is 48.9 Å². The van der Waals surface area contributed by atoms with Crippen molar-refractivity contribution >= 4 is 17.4 Å². The molecule has 0 radical (unpaired) electrons. The highest BCUT2D eigenvalue weighted by Gasteiger charge is 2.21. The first-order valence-corrected chi connectivity index (χ1v) is 7.15. The minimum Gasteiger partial charge on any atom is -0.326 e. The molecule has 1 aromatic carbocycles. The Morgan fingerprint density at radius 2 is 2.05 bits per heavy atom. The maximum Gasteiger partial charge on any atom is 0.234 e. The van der Waals surface area contributed by atoms with Crippen molar-refractivity contribution in [2.24, 2.45) is 5.41 Å². The van der Waals surface area contributed by atoms with E-state index in [1.807, 2.05) is 67.9 Å². The first-order chi connectivity index (χ1) is 10.4. The second-order valence-electron chi connectivity index (χ2n) is 6.24. The number of carbonyl (C=O) groups is 1. The number of benzene rings is 1. The third-order valence-electron chi connectivity index (χ3n) is 3.33. The van der Waals surface area contributed by atoms with Gasteiger partial charge < -0.3 is 5.32 Å². The van der Waals surface area contributed by atoms with Crippen LogP contribution in [0.1, 0.15) is 20.8 Å². The van der Waals surface area contributed by atoms with Gasteiger partial charge in [-0.1, -0.05) is 32.9 Å². The Morgan fingerprint density at radius 3 is 2.77 bits per heavy atom. The van der Waals surface area contributed by atoms with Crippen LogP contribution in [0, 0.1) is 5.41 Å². The molecule has 0 saturated carbocycles. The highest BCUT2D eigenvalue weighted by atomic mass is 16.2. The summed E-state index contributed by atoms with van der Waals surface area (Å²) in [5.74, 6) is 0.642. The minimum absolute atomic E-state index is 0.0127. The van der Waals surface area contributed by atoms with Crippen molar-refractivity contribution in [3.63, 3.8) is 0 Å². The average Bonchev–Trinajstić information content (AvgIpc) is 2.90. The van der Waals surface area contributed by atoms with Crippen LogP contribution in [0.4, 0.5) is 5.69 Å². The molecule has 0 bridgehead atoms. The standard InChI is InChI=1S/C17H18N4O/c1-17(2,3)15(22)19-13-7-4-6-12(10-13)14-11-21-9-5-8-18-16(21)20-14/h4-11H,1-3H3,(H,19,22). The number of carbonyl (C=O) groups excluding carboxylic acids is 1. The molecule has 0 aliphatic rings. The van der Waals surface area contributed by atoms with Crippen LogP contribution >= 0.6 is 0 Å². The maximum absolute atomic E-state index is 12.1. The number of hydrogen-bond acceptors (Lipinski definition) is 3. The summed E-state index contributed by atoms with van der Waals surface area (Å²) in [6.45, 7) is 5.67. The van der Waals surface area contributed by atoms with Gasteiger partial charge in [0.25, 0.3) is 0 Å². The lowest BCUT2D eigenvalue weighted by Crippen LogP contribution is -2.27. The van der Waals surface area contributed by atoms with E-state index in [0.717, 1.165) is 16.9 Å². The largest absolute Gasteiger partial charge is 0.326 e. The number of imidazole rings is 1. The summed E-state index contributed by atoms with van der Waals surface area (Å²) in [6, 6.07) is 9.53. The highest BCUT2D eigenvalue weighted by Crippen LogP contribution is 2.23. The predicted octanol–water partition coefficient (Wildman–Crippen LogP) is 3.38. The number of hydrogen-bond donors (Lipinski definition) is 1. The molecule has 112 valence electrons. The number of nitrogens with zero attached hydrogens (tertiary/aromatic N) is 3. The highest BCUT2D eigenvalue weighted by molar-refractivity contribution is 5.95. The Labute approximate surface area is 129 Å². The van der Waals surface area contributed by atoms with Crippen molar-refractivity contribution in [3.8, 4) is 11.3 Å². The molecule has 1 N–H and O–H groups in total. The van der Waals surface area contributed by atoms with Crippen molar-refractivity contribution in [3.05, 3.63) is 48.9 Å². The van der Waals surface area contributed by atoms with Gasteiger partial charge in [-0.3, -0.25) is 9.20 Å². The SMILES string of the molecule is CC(C)(C)C(=O)Nc1cccc(-c2cn3cccnc3n2)c1. The smallest absolute Gasteiger partial charge is 0.234 e. The van der Waals surface area contributed by atoms with Crippen LogP contribution < -0.4 is 5.32 Å². The molecule has 0 aliphatic heterocycles. The Bertz CT molecular complexity index is 797. The minimum atomic E-state index is -0.428. The second-order valence-corrected chi connectivity index (χ2v) is 6.24. The molecule has 5 heteroatoms. The van der Waals surface area contributed by atoms with E-state index in [1.54, 1.807) is 6.20 Å². The van der Waals surface area contributed by atoms with Gasteiger partial charge in [0.2, 0.25) is 11.7 Å². The Morgan fingerprint density at radius 1 is 1.23 bits per heavy atom. The number of anilines is 1. The summed E-state index contributed by atoms with van der Waals surface area (Å²) in [7, 11) is 0. The molecule has 1 amide bonds. The first-order valence-electron chi connectivity index (χ1n) is 7.15. The van der Waals surface area contributed by atoms with Crippen LogP contribution in [-0.4, -0.2) is 20.3 Å². The number of aromatic nitrogens is 3. The summed E-state index contributed by atoms with van der Waals surface area (Å²) in [5, 5.41) is 2.94. The second kappa shape index (κ2) is 5.26. The third-order valence-corrected chi connectivity index (χ3v) is 3.33. The van der Waals surface area contributed by atoms with Crippen LogP contribution in [0.25, 0.3) is 17.0 Å². The van der Waals surface area contributed by atoms with Crippen LogP contribution in [-0.2, 0) is 4.79 Å². The number of amides is 1. The first kappa shape index (κ1) is 14.3. The Hall–Kier alpha value is -2.69. The fraction of sp³-hybridized carbons (Fsp3) is 0.235. The molecule has 2 heterocycles. The molecule has 0 saturated heterocycles. The zero-order valence-corrected chi connectivity index (χ0v) is 12.9. The summed E-state index contributed by atoms with van der Waals surface area (Å²) in [4.78, 5) is 20.8. The van der Waals surface area contributed by atoms with E-state index in [0.29, 0.717) is 5.78 Å². The maximum atomic E-state index is 12.1. The van der Waals surface area contributed by atoms with E-state index in [9.17, 15) is 4.79 Å². The molecule has 5 nitrogen and oxygen atoms in total. The normalized spacial score (nSPS) is 11.6. The monoisotopic (exact) mass is 294 g/mol. The molecule has 2 aromatic heterocycles. The van der Waals surface area contributed by atoms with E-state index >= 15 is 0 Å². The summed E-state index contributed by atoms with van der Waals surface area (Å²) >= 11 is 0. The van der Waals surface area contributed by atoms with Gasteiger partial charge >= 0.3 is 0 Å². The molecule has 0 aliphatic carbocycles. The molecule has 3 rings (SSSR count). The molecule has 3 aromatic rings. The summed E-state index contributed by atoms with van der Waals surface area (Å²) in [6.07, 6.45) is 5.54. The van der Waals surface area contributed by atoms with Crippen LogP contribution in [0.2, 0.25) is 0 Å². The van der Waals surface area contributed by atoms with Gasteiger partial charge in [0.1, 0.15) is 0 Å². The van der Waals surface area contributed by atoms with Crippen LogP contribution in [0.5, 0.6) is 0 Å². The molecular formula is C17H18N4O. The van der Waals surface area contributed by atoms with E-state index in [4.69, 9.17) is 0 Å². The van der Waals surface area contributed by atoms with Crippen molar-refractivity contribution in [2.75, 3.05) is 5.32 Å².